The molecular weight excluding hydrogens is 214 g/mol. The molecule has 0 aromatic heterocycles. The Hall–Kier alpha value is -1.36. The van der Waals surface area contributed by atoms with E-state index < -0.39 is 10.8 Å². The van der Waals surface area contributed by atoms with Crippen LogP contribution in [-0.4, -0.2) is 29.6 Å². The van der Waals surface area contributed by atoms with Crippen LogP contribution in [0.1, 0.15) is 10.4 Å². The Morgan fingerprint density at radius 3 is 3.07 bits per heavy atom. The van der Waals surface area contributed by atoms with Gasteiger partial charge in [-0.1, -0.05) is 0 Å². The van der Waals surface area contributed by atoms with Gasteiger partial charge in [0.2, 0.25) is 0 Å². The molecular formula is C10H11NO3S. The average Bonchev–Trinajstić information content (AvgIpc) is 2.28. The zero-order valence-corrected chi connectivity index (χ0v) is 9.10. The number of nitrogens with one attached hydrogen (secondary N) is 1. The number of carbonyl (C=O) groups is 1. The SMILES string of the molecule is COC(=O)c1ccc2c(c1)NCC[S@@]2=O. The average molecular weight is 225 g/mol. The monoisotopic (exact) mass is 225 g/mol. The molecule has 0 unspecified atom stereocenters. The standard InChI is InChI=1S/C10H11NO3S/c1-14-10(12)7-2-3-9-8(6-7)11-4-5-15(9)13/h2-3,6,11H,4-5H2,1H3/t15-/m0/s1. The predicted molar refractivity (Wildman–Crippen MR) is 57.5 cm³/mol. The van der Waals surface area contributed by atoms with E-state index in [1.165, 1.54) is 7.11 Å². The lowest BCUT2D eigenvalue weighted by atomic mass is 10.2. The van der Waals surface area contributed by atoms with Crippen molar-refractivity contribution in [1.29, 1.82) is 0 Å². The molecule has 1 N–H and O–H groups in total. The zero-order valence-electron chi connectivity index (χ0n) is 8.28. The van der Waals surface area contributed by atoms with Crippen molar-refractivity contribution >= 4 is 22.5 Å². The quantitative estimate of drug-likeness (QED) is 0.725. The number of esters is 1. The molecule has 0 saturated carbocycles. The molecule has 0 amide bonds. The minimum Gasteiger partial charge on any atom is -0.465 e. The van der Waals surface area contributed by atoms with Gasteiger partial charge in [0.1, 0.15) is 0 Å². The van der Waals surface area contributed by atoms with Crippen LogP contribution in [0.25, 0.3) is 0 Å². The second kappa shape index (κ2) is 4.02. The summed E-state index contributed by atoms with van der Waals surface area (Å²) in [7, 11) is 0.387. The molecule has 0 saturated heterocycles. The molecule has 1 aromatic rings. The smallest absolute Gasteiger partial charge is 0.337 e. The van der Waals surface area contributed by atoms with Gasteiger partial charge in [-0.2, -0.15) is 0 Å². The molecule has 0 aliphatic carbocycles. The summed E-state index contributed by atoms with van der Waals surface area (Å²) in [6, 6.07) is 5.03. The third kappa shape index (κ3) is 1.87. The molecule has 1 aromatic carbocycles. The summed E-state index contributed by atoms with van der Waals surface area (Å²) >= 11 is 0. The first-order chi connectivity index (χ1) is 7.22. The minimum absolute atomic E-state index is 0.379. The first-order valence-corrected chi connectivity index (χ1v) is 5.89. The fourth-order valence-electron chi connectivity index (χ4n) is 1.50. The molecule has 15 heavy (non-hydrogen) atoms. The molecule has 2 rings (SSSR count). The lowest BCUT2D eigenvalue weighted by Gasteiger charge is -2.17. The summed E-state index contributed by atoms with van der Waals surface area (Å²) in [6.07, 6.45) is 0. The van der Waals surface area contributed by atoms with E-state index in [9.17, 15) is 9.00 Å². The van der Waals surface area contributed by atoms with E-state index in [4.69, 9.17) is 0 Å². The second-order valence-electron chi connectivity index (χ2n) is 3.18. The first kappa shape index (κ1) is 10.2. The van der Waals surface area contributed by atoms with Gasteiger partial charge < -0.3 is 10.1 Å². The van der Waals surface area contributed by atoms with Crippen LogP contribution in [0.2, 0.25) is 0 Å². The number of methoxy groups -OCH3 is 1. The summed E-state index contributed by atoms with van der Waals surface area (Å²) in [5.74, 6) is 0.237. The summed E-state index contributed by atoms with van der Waals surface area (Å²) < 4.78 is 16.2. The van der Waals surface area contributed by atoms with E-state index in [0.29, 0.717) is 17.9 Å². The largest absolute Gasteiger partial charge is 0.465 e. The van der Waals surface area contributed by atoms with E-state index >= 15 is 0 Å². The van der Waals surface area contributed by atoms with Gasteiger partial charge in [0.05, 0.1) is 34.1 Å². The number of benzene rings is 1. The molecule has 0 spiro atoms. The normalized spacial score (nSPS) is 18.9. The zero-order chi connectivity index (χ0) is 10.8. The summed E-state index contributed by atoms with van der Waals surface area (Å²) in [5.41, 5.74) is 1.24. The van der Waals surface area contributed by atoms with Crippen LogP contribution < -0.4 is 5.32 Å². The highest BCUT2D eigenvalue weighted by molar-refractivity contribution is 7.85. The number of carbonyl (C=O) groups excluding carboxylic acids is 1. The van der Waals surface area contributed by atoms with Gasteiger partial charge in [-0.15, -0.1) is 0 Å². The van der Waals surface area contributed by atoms with Crippen molar-refractivity contribution in [3.8, 4) is 0 Å². The molecule has 0 fully saturated rings. The second-order valence-corrected chi connectivity index (χ2v) is 4.72. The maximum absolute atomic E-state index is 11.6. The highest BCUT2D eigenvalue weighted by Gasteiger charge is 2.17. The van der Waals surface area contributed by atoms with Gasteiger partial charge in [-0.3, -0.25) is 4.21 Å². The fourth-order valence-corrected chi connectivity index (χ4v) is 2.60. The number of hydrogen-bond acceptors (Lipinski definition) is 4. The van der Waals surface area contributed by atoms with Crippen LogP contribution in [0.4, 0.5) is 5.69 Å². The van der Waals surface area contributed by atoms with Crippen molar-refractivity contribution in [3.63, 3.8) is 0 Å². The van der Waals surface area contributed by atoms with Crippen LogP contribution in [-0.2, 0) is 15.5 Å². The van der Waals surface area contributed by atoms with Crippen molar-refractivity contribution in [3.05, 3.63) is 23.8 Å². The molecule has 1 aliphatic rings. The number of ether oxygens (including phenoxy) is 1. The van der Waals surface area contributed by atoms with Crippen molar-refractivity contribution in [2.24, 2.45) is 0 Å². The third-order valence-electron chi connectivity index (χ3n) is 2.25. The molecule has 80 valence electrons. The summed E-state index contributed by atoms with van der Waals surface area (Å²) in [5, 5.41) is 3.11. The molecule has 1 atom stereocenters. The Balaban J connectivity index is 2.41. The third-order valence-corrected chi connectivity index (χ3v) is 3.67. The molecule has 0 bridgehead atoms. The van der Waals surface area contributed by atoms with Crippen molar-refractivity contribution < 1.29 is 13.7 Å². The van der Waals surface area contributed by atoms with Gasteiger partial charge in [-0.25, -0.2) is 4.79 Å². The Labute approximate surface area is 90.1 Å². The van der Waals surface area contributed by atoms with Crippen molar-refractivity contribution in [1.82, 2.24) is 0 Å². The van der Waals surface area contributed by atoms with Crippen LogP contribution >= 0.6 is 0 Å². The number of fused-ring (bicyclic) bond motifs is 1. The minimum atomic E-state index is -0.953. The summed E-state index contributed by atoms with van der Waals surface area (Å²) in [6.45, 7) is 0.671. The van der Waals surface area contributed by atoms with Gasteiger partial charge in [0.15, 0.2) is 0 Å². The number of hydrogen-bond donors (Lipinski definition) is 1. The van der Waals surface area contributed by atoms with E-state index in [0.717, 1.165) is 10.6 Å². The van der Waals surface area contributed by atoms with E-state index in [2.05, 4.69) is 10.1 Å². The molecule has 1 heterocycles. The van der Waals surface area contributed by atoms with Crippen molar-refractivity contribution in [2.45, 2.75) is 4.90 Å². The van der Waals surface area contributed by atoms with Gasteiger partial charge in [0, 0.05) is 12.3 Å². The van der Waals surface area contributed by atoms with Gasteiger partial charge in [0.25, 0.3) is 0 Å². The first-order valence-electron chi connectivity index (χ1n) is 4.57. The molecule has 5 heteroatoms. The predicted octanol–water partition coefficient (Wildman–Crippen LogP) is 1.01. The van der Waals surface area contributed by atoms with E-state index in [1.54, 1.807) is 18.2 Å². The topological polar surface area (TPSA) is 55.4 Å². The maximum Gasteiger partial charge on any atom is 0.337 e. The lowest BCUT2D eigenvalue weighted by molar-refractivity contribution is 0.0600. The van der Waals surface area contributed by atoms with Crippen LogP contribution in [0.15, 0.2) is 23.1 Å². The van der Waals surface area contributed by atoms with Crippen LogP contribution in [0.3, 0.4) is 0 Å². The Bertz CT molecular complexity index is 431. The highest BCUT2D eigenvalue weighted by Crippen LogP contribution is 2.24. The van der Waals surface area contributed by atoms with Crippen LogP contribution in [0, 0.1) is 0 Å². The van der Waals surface area contributed by atoms with Gasteiger partial charge >= 0.3 is 5.97 Å². The molecule has 4 nitrogen and oxygen atoms in total. The Kier molecular flexibility index (Phi) is 2.73. The molecule has 0 radical (unpaired) electrons. The summed E-state index contributed by atoms with van der Waals surface area (Å²) in [4.78, 5) is 12.0. The highest BCUT2D eigenvalue weighted by atomic mass is 32.2. The lowest BCUT2D eigenvalue weighted by Crippen LogP contribution is -2.19. The van der Waals surface area contributed by atoms with Gasteiger partial charge in [-0.05, 0) is 18.2 Å². The fraction of sp³-hybridized carbons (Fsp3) is 0.300. The van der Waals surface area contributed by atoms with Crippen LogP contribution in [0.5, 0.6) is 0 Å². The molecule has 1 aliphatic heterocycles. The van der Waals surface area contributed by atoms with E-state index in [1.807, 2.05) is 0 Å². The van der Waals surface area contributed by atoms with Crippen molar-refractivity contribution in [2.75, 3.05) is 24.7 Å². The number of anilines is 1. The Morgan fingerprint density at radius 2 is 2.33 bits per heavy atom. The van der Waals surface area contributed by atoms with E-state index in [-0.39, 0.29) is 5.97 Å². The maximum atomic E-state index is 11.6. The number of rotatable bonds is 1. The Morgan fingerprint density at radius 1 is 1.53 bits per heavy atom.